The molecule has 2 aromatic carbocycles. The van der Waals surface area contributed by atoms with Crippen molar-refractivity contribution >= 4 is 45.0 Å². The Kier molecular flexibility index (Phi) is 2.25. The number of H-pyrrole nitrogens is 1. The fourth-order valence-electron chi connectivity index (χ4n) is 2.44. The predicted molar refractivity (Wildman–Crippen MR) is 80.2 cm³/mol. The Bertz CT molecular complexity index is 895. The number of fused-ring (bicyclic) bond motifs is 4. The van der Waals surface area contributed by atoms with Crippen LogP contribution in [0.5, 0.6) is 0 Å². The summed E-state index contributed by atoms with van der Waals surface area (Å²) < 4.78 is 0. The molecule has 0 fully saturated rings. The zero-order valence-corrected chi connectivity index (χ0v) is 11.3. The zero-order chi connectivity index (χ0) is 13.0. The molecule has 2 aliphatic rings. The topological polar surface area (TPSA) is 28.7 Å². The summed E-state index contributed by atoms with van der Waals surface area (Å²) in [5.41, 5.74) is 3.61. The highest BCUT2D eigenvalue weighted by Crippen LogP contribution is 2.39. The van der Waals surface area contributed by atoms with Crippen LogP contribution >= 0.6 is 23.2 Å². The molecule has 19 heavy (non-hydrogen) atoms. The number of para-hydroxylation sites is 1. The van der Waals surface area contributed by atoms with E-state index in [0.29, 0.717) is 10.0 Å². The highest BCUT2D eigenvalue weighted by Gasteiger charge is 2.18. The number of halogens is 2. The summed E-state index contributed by atoms with van der Waals surface area (Å²) in [6.45, 7) is 0. The van der Waals surface area contributed by atoms with Crippen LogP contribution in [-0.4, -0.2) is 9.97 Å². The van der Waals surface area contributed by atoms with Gasteiger partial charge in [-0.15, -0.1) is 0 Å². The normalized spacial score (nSPS) is 11.7. The van der Waals surface area contributed by atoms with Crippen LogP contribution in [-0.2, 0) is 0 Å². The zero-order valence-electron chi connectivity index (χ0n) is 9.74. The van der Waals surface area contributed by atoms with Gasteiger partial charge in [-0.2, -0.15) is 0 Å². The van der Waals surface area contributed by atoms with Crippen LogP contribution in [0.15, 0.2) is 42.5 Å². The SMILES string of the molecule is Clc1ccc2nc3c(Cl)c4ccccc4[nH]c-3c2c1. The lowest BCUT2D eigenvalue weighted by molar-refractivity contribution is 1.37. The van der Waals surface area contributed by atoms with Gasteiger partial charge >= 0.3 is 0 Å². The van der Waals surface area contributed by atoms with Gasteiger partial charge in [0.1, 0.15) is 5.69 Å². The molecule has 2 heterocycles. The van der Waals surface area contributed by atoms with Gasteiger partial charge in [-0.3, -0.25) is 0 Å². The van der Waals surface area contributed by atoms with E-state index in [1.807, 2.05) is 42.5 Å². The highest BCUT2D eigenvalue weighted by molar-refractivity contribution is 6.38. The lowest BCUT2D eigenvalue weighted by Gasteiger charge is -2.06. The standard InChI is InChI=1S/C15H8Cl2N2/c16-8-5-6-12-10(7-8)14-15(19-12)13(17)9-3-1-2-4-11(9)18-14/h1-7,18H. The van der Waals surface area contributed by atoms with E-state index in [1.54, 1.807) is 0 Å². The molecule has 2 aliphatic heterocycles. The van der Waals surface area contributed by atoms with E-state index in [1.165, 1.54) is 0 Å². The summed E-state index contributed by atoms with van der Waals surface area (Å²) >= 11 is 12.5. The molecule has 92 valence electrons. The van der Waals surface area contributed by atoms with E-state index in [2.05, 4.69) is 9.97 Å². The first-order valence-electron chi connectivity index (χ1n) is 5.89. The fraction of sp³-hybridized carbons (Fsp3) is 0. The molecule has 4 rings (SSSR count). The fourth-order valence-corrected chi connectivity index (χ4v) is 2.91. The minimum absolute atomic E-state index is 0.677. The number of hydrogen-bond acceptors (Lipinski definition) is 1. The number of benzene rings is 2. The summed E-state index contributed by atoms with van der Waals surface area (Å²) in [5.74, 6) is 0. The second-order valence-corrected chi connectivity index (χ2v) is 5.30. The summed E-state index contributed by atoms with van der Waals surface area (Å²) in [7, 11) is 0. The monoisotopic (exact) mass is 286 g/mol. The summed E-state index contributed by atoms with van der Waals surface area (Å²) in [5, 5.41) is 3.34. The maximum Gasteiger partial charge on any atom is 0.107 e. The third kappa shape index (κ3) is 1.54. The molecule has 0 bridgehead atoms. The first-order valence-corrected chi connectivity index (χ1v) is 6.65. The number of aromatic amines is 1. The van der Waals surface area contributed by atoms with Crippen LogP contribution in [0.25, 0.3) is 33.2 Å². The number of nitrogens with one attached hydrogen (secondary N) is 1. The molecule has 0 radical (unpaired) electrons. The molecule has 0 saturated carbocycles. The number of aromatic nitrogens is 2. The van der Waals surface area contributed by atoms with Gasteiger partial charge in [0.2, 0.25) is 0 Å². The molecule has 0 aliphatic carbocycles. The molecule has 0 atom stereocenters. The molecular weight excluding hydrogens is 279 g/mol. The quantitative estimate of drug-likeness (QED) is 0.477. The van der Waals surface area contributed by atoms with Crippen molar-refractivity contribution < 1.29 is 0 Å². The minimum Gasteiger partial charge on any atom is -0.353 e. The van der Waals surface area contributed by atoms with Crippen LogP contribution in [0.4, 0.5) is 0 Å². The molecule has 0 aromatic heterocycles. The van der Waals surface area contributed by atoms with Gasteiger partial charge in [0.15, 0.2) is 0 Å². The van der Waals surface area contributed by atoms with Crippen molar-refractivity contribution in [1.29, 1.82) is 0 Å². The van der Waals surface area contributed by atoms with Crippen LogP contribution in [0.2, 0.25) is 10.0 Å². The van der Waals surface area contributed by atoms with Gasteiger partial charge in [0.05, 0.1) is 16.2 Å². The second kappa shape index (κ2) is 3.86. The summed E-state index contributed by atoms with van der Waals surface area (Å²) in [6, 6.07) is 13.6. The maximum absolute atomic E-state index is 6.47. The number of pyridine rings is 1. The van der Waals surface area contributed by atoms with Crippen LogP contribution in [0.3, 0.4) is 0 Å². The maximum atomic E-state index is 6.47. The second-order valence-electron chi connectivity index (χ2n) is 4.48. The van der Waals surface area contributed by atoms with Crippen LogP contribution < -0.4 is 0 Å². The van der Waals surface area contributed by atoms with Gasteiger partial charge in [-0.05, 0) is 24.3 Å². The molecule has 4 heteroatoms. The molecule has 0 unspecified atom stereocenters. The third-order valence-electron chi connectivity index (χ3n) is 3.33. The average molecular weight is 287 g/mol. The van der Waals surface area contributed by atoms with E-state index < -0.39 is 0 Å². The smallest absolute Gasteiger partial charge is 0.107 e. The van der Waals surface area contributed by atoms with E-state index in [0.717, 1.165) is 33.2 Å². The van der Waals surface area contributed by atoms with Crippen molar-refractivity contribution in [3.05, 3.63) is 52.5 Å². The first-order chi connectivity index (χ1) is 9.24. The van der Waals surface area contributed by atoms with Crippen molar-refractivity contribution in [1.82, 2.24) is 9.97 Å². The summed E-state index contributed by atoms with van der Waals surface area (Å²) in [4.78, 5) is 7.98. The number of nitrogens with zero attached hydrogens (tertiary/aromatic N) is 1. The Labute approximate surface area is 119 Å². The van der Waals surface area contributed by atoms with E-state index in [4.69, 9.17) is 23.2 Å². The lowest BCUT2D eigenvalue weighted by atomic mass is 10.1. The van der Waals surface area contributed by atoms with Crippen molar-refractivity contribution in [3.8, 4) is 11.4 Å². The van der Waals surface area contributed by atoms with E-state index >= 15 is 0 Å². The van der Waals surface area contributed by atoms with Crippen LogP contribution in [0.1, 0.15) is 0 Å². The minimum atomic E-state index is 0.677. The van der Waals surface area contributed by atoms with Crippen LogP contribution in [0, 0.1) is 0 Å². The highest BCUT2D eigenvalue weighted by atomic mass is 35.5. The van der Waals surface area contributed by atoms with Crippen molar-refractivity contribution in [2.24, 2.45) is 0 Å². The van der Waals surface area contributed by atoms with Gasteiger partial charge < -0.3 is 4.98 Å². The molecule has 0 saturated heterocycles. The summed E-state index contributed by atoms with van der Waals surface area (Å²) in [6.07, 6.45) is 0. The lowest BCUT2D eigenvalue weighted by Crippen LogP contribution is -1.87. The number of hydrogen-bond donors (Lipinski definition) is 1. The third-order valence-corrected chi connectivity index (χ3v) is 3.95. The predicted octanol–water partition coefficient (Wildman–Crippen LogP) is 5.13. The number of rotatable bonds is 0. The molecule has 0 spiro atoms. The molecular formula is C15H8Cl2N2. The Morgan fingerprint density at radius 3 is 2.68 bits per heavy atom. The van der Waals surface area contributed by atoms with Gasteiger partial charge in [0, 0.05) is 21.3 Å². The van der Waals surface area contributed by atoms with E-state index in [-0.39, 0.29) is 0 Å². The van der Waals surface area contributed by atoms with Gasteiger partial charge in [0.25, 0.3) is 0 Å². The van der Waals surface area contributed by atoms with E-state index in [9.17, 15) is 0 Å². The van der Waals surface area contributed by atoms with Gasteiger partial charge in [-0.1, -0.05) is 41.4 Å². The molecule has 2 aromatic rings. The van der Waals surface area contributed by atoms with Crippen molar-refractivity contribution in [2.75, 3.05) is 0 Å². The Hall–Kier alpha value is -1.77. The Balaban J connectivity index is 2.26. The molecule has 1 N–H and O–H groups in total. The Morgan fingerprint density at radius 2 is 1.79 bits per heavy atom. The van der Waals surface area contributed by atoms with Crippen molar-refractivity contribution in [2.45, 2.75) is 0 Å². The van der Waals surface area contributed by atoms with Crippen molar-refractivity contribution in [3.63, 3.8) is 0 Å². The average Bonchev–Trinajstić information content (AvgIpc) is 2.78. The molecule has 2 nitrogen and oxygen atoms in total. The van der Waals surface area contributed by atoms with Gasteiger partial charge in [-0.25, -0.2) is 4.98 Å². The molecule has 0 amide bonds. The Morgan fingerprint density at radius 1 is 0.947 bits per heavy atom. The largest absolute Gasteiger partial charge is 0.353 e. The first kappa shape index (κ1) is 11.1.